The van der Waals surface area contributed by atoms with Crippen LogP contribution in [0.4, 0.5) is 14.4 Å². The summed E-state index contributed by atoms with van der Waals surface area (Å²) in [5.74, 6) is 0.984. The van der Waals surface area contributed by atoms with Crippen LogP contribution in [0.25, 0.3) is 0 Å². The molecule has 41 heavy (non-hydrogen) atoms. The van der Waals surface area contributed by atoms with Crippen LogP contribution in [0.2, 0.25) is 0 Å². The predicted molar refractivity (Wildman–Crippen MR) is 144 cm³/mol. The zero-order valence-electron chi connectivity index (χ0n) is 22.7. The number of carbonyl (C=O) groups excluding carboxylic acids is 3. The number of fused-ring (bicyclic) bond motifs is 1. The third-order valence-electron chi connectivity index (χ3n) is 6.21. The lowest BCUT2D eigenvalue weighted by Gasteiger charge is -2.22. The van der Waals surface area contributed by atoms with Gasteiger partial charge in [0, 0.05) is 13.1 Å². The summed E-state index contributed by atoms with van der Waals surface area (Å²) in [4.78, 5) is 47.8. The second-order valence-corrected chi connectivity index (χ2v) is 9.05. The zero-order chi connectivity index (χ0) is 29.8. The number of unbranched alkanes of at least 4 members (excludes halogenated alkanes) is 1. The van der Waals surface area contributed by atoms with E-state index < -0.39 is 30.2 Å². The molecule has 0 spiro atoms. The zero-order valence-corrected chi connectivity index (χ0v) is 22.7. The van der Waals surface area contributed by atoms with Crippen molar-refractivity contribution in [2.24, 2.45) is 0 Å². The van der Waals surface area contributed by atoms with E-state index in [2.05, 4.69) is 26.0 Å². The van der Waals surface area contributed by atoms with E-state index in [1.54, 1.807) is 24.3 Å². The number of amides is 4. The number of rotatable bonds is 13. The van der Waals surface area contributed by atoms with Crippen LogP contribution in [-0.4, -0.2) is 60.9 Å². The number of carboxylic acid groups (broad SMARTS) is 1. The van der Waals surface area contributed by atoms with Crippen LogP contribution in [0, 0.1) is 0 Å². The topological polar surface area (TPSA) is 194 Å². The van der Waals surface area contributed by atoms with Crippen molar-refractivity contribution in [3.63, 3.8) is 0 Å². The quantitative estimate of drug-likeness (QED) is 0.118. The first kappa shape index (κ1) is 30.7. The van der Waals surface area contributed by atoms with Crippen LogP contribution in [0.1, 0.15) is 49.8 Å². The summed E-state index contributed by atoms with van der Waals surface area (Å²) in [5, 5.41) is 29.1. The molecule has 14 heteroatoms. The van der Waals surface area contributed by atoms with Crippen molar-refractivity contribution in [3.05, 3.63) is 47.5 Å². The third-order valence-corrected chi connectivity index (χ3v) is 6.21. The molecule has 0 bridgehead atoms. The molecule has 0 radical (unpaired) electrons. The summed E-state index contributed by atoms with van der Waals surface area (Å²) in [6.45, 7) is 2.24. The molecule has 222 valence electrons. The Hall–Kier alpha value is -4.88. The fourth-order valence-corrected chi connectivity index (χ4v) is 4.12. The molecule has 2 atom stereocenters. The molecule has 0 fully saturated rings. The Kier molecular flexibility index (Phi) is 11.3. The van der Waals surface area contributed by atoms with E-state index in [1.807, 2.05) is 13.0 Å². The van der Waals surface area contributed by atoms with E-state index in [0.29, 0.717) is 42.1 Å². The number of alkyl carbamates (subject to hydrolysis) is 1. The first-order valence-electron chi connectivity index (χ1n) is 13.0. The highest BCUT2D eigenvalue weighted by atomic mass is 16.7. The largest absolute Gasteiger partial charge is 0.514 e. The van der Waals surface area contributed by atoms with Crippen LogP contribution in [0.5, 0.6) is 23.0 Å². The SMILES string of the molecule is CC[C@H](NC(=O)N[C@@H](CCCCNC(=O)OC(=O)O)C(=O)NCc1ccc(OC)c(O)c1)c1ccc2c(c1)OCO2. The van der Waals surface area contributed by atoms with E-state index in [4.69, 9.17) is 19.3 Å². The Morgan fingerprint density at radius 2 is 1.78 bits per heavy atom. The number of aromatic hydroxyl groups is 1. The highest BCUT2D eigenvalue weighted by Gasteiger charge is 2.23. The van der Waals surface area contributed by atoms with Crippen LogP contribution >= 0.6 is 0 Å². The van der Waals surface area contributed by atoms with Gasteiger partial charge in [-0.05, 0) is 61.1 Å². The van der Waals surface area contributed by atoms with Gasteiger partial charge in [-0.2, -0.15) is 0 Å². The van der Waals surface area contributed by atoms with Crippen molar-refractivity contribution < 1.29 is 48.3 Å². The maximum atomic E-state index is 13.1. The minimum Gasteiger partial charge on any atom is -0.504 e. The summed E-state index contributed by atoms with van der Waals surface area (Å²) in [5.41, 5.74) is 1.43. The van der Waals surface area contributed by atoms with Gasteiger partial charge in [-0.3, -0.25) is 4.79 Å². The van der Waals surface area contributed by atoms with Crippen molar-refractivity contribution >= 4 is 24.2 Å². The minimum absolute atomic E-state index is 0.0728. The Labute approximate surface area is 236 Å². The van der Waals surface area contributed by atoms with Crippen LogP contribution in [0.3, 0.4) is 0 Å². The maximum absolute atomic E-state index is 13.1. The molecule has 0 aliphatic carbocycles. The van der Waals surface area contributed by atoms with Gasteiger partial charge in [0.15, 0.2) is 23.0 Å². The second kappa shape index (κ2) is 15.1. The molecule has 0 saturated heterocycles. The molecule has 0 saturated carbocycles. The molecule has 1 aliphatic rings. The average molecular weight is 575 g/mol. The normalized spacial score (nSPS) is 12.9. The number of nitrogens with one attached hydrogen (secondary N) is 4. The molecule has 0 aromatic heterocycles. The number of ether oxygens (including phenoxy) is 4. The number of phenolic OH excluding ortho intramolecular Hbond substituents is 1. The molecule has 2 aromatic rings. The Balaban J connectivity index is 1.60. The highest BCUT2D eigenvalue weighted by molar-refractivity contribution is 5.87. The molecular formula is C27H34N4O10. The Morgan fingerprint density at radius 1 is 1.00 bits per heavy atom. The van der Waals surface area contributed by atoms with Gasteiger partial charge >= 0.3 is 18.3 Å². The lowest BCUT2D eigenvalue weighted by atomic mass is 10.0. The molecule has 14 nitrogen and oxygen atoms in total. The van der Waals surface area contributed by atoms with Gasteiger partial charge in [0.25, 0.3) is 0 Å². The number of carbonyl (C=O) groups is 4. The predicted octanol–water partition coefficient (Wildman–Crippen LogP) is 3.14. The van der Waals surface area contributed by atoms with Crippen LogP contribution < -0.4 is 35.5 Å². The highest BCUT2D eigenvalue weighted by Crippen LogP contribution is 2.34. The van der Waals surface area contributed by atoms with Gasteiger partial charge in [0.05, 0.1) is 13.2 Å². The van der Waals surface area contributed by atoms with Gasteiger partial charge in [-0.25, -0.2) is 14.4 Å². The van der Waals surface area contributed by atoms with E-state index in [0.717, 1.165) is 5.56 Å². The van der Waals surface area contributed by atoms with Gasteiger partial charge in [-0.1, -0.05) is 19.1 Å². The van der Waals surface area contributed by atoms with Crippen molar-refractivity contribution in [3.8, 4) is 23.0 Å². The molecular weight excluding hydrogens is 540 g/mol. The van der Waals surface area contributed by atoms with Crippen molar-refractivity contribution in [2.75, 3.05) is 20.4 Å². The summed E-state index contributed by atoms with van der Waals surface area (Å²) < 4.78 is 19.8. The number of hydrogen-bond donors (Lipinski definition) is 6. The molecule has 6 N–H and O–H groups in total. The van der Waals surface area contributed by atoms with E-state index in [1.165, 1.54) is 13.2 Å². The second-order valence-electron chi connectivity index (χ2n) is 9.05. The van der Waals surface area contributed by atoms with Crippen LogP contribution in [0.15, 0.2) is 36.4 Å². The molecule has 4 amide bonds. The molecule has 1 heterocycles. The minimum atomic E-state index is -1.72. The summed E-state index contributed by atoms with van der Waals surface area (Å²) in [7, 11) is 1.43. The summed E-state index contributed by atoms with van der Waals surface area (Å²) in [6, 6.07) is 8.28. The Bertz CT molecular complexity index is 1240. The average Bonchev–Trinajstić information content (AvgIpc) is 3.41. The van der Waals surface area contributed by atoms with E-state index >= 15 is 0 Å². The molecule has 1 aliphatic heterocycles. The van der Waals surface area contributed by atoms with Crippen molar-refractivity contribution in [1.29, 1.82) is 0 Å². The van der Waals surface area contributed by atoms with Gasteiger partial charge in [0.1, 0.15) is 6.04 Å². The first-order valence-corrected chi connectivity index (χ1v) is 13.0. The number of urea groups is 1. The number of benzene rings is 2. The lowest BCUT2D eigenvalue weighted by Crippen LogP contribution is -2.50. The fourth-order valence-electron chi connectivity index (χ4n) is 4.12. The number of hydrogen-bond acceptors (Lipinski definition) is 9. The summed E-state index contributed by atoms with van der Waals surface area (Å²) in [6.07, 6.45) is -1.21. The monoisotopic (exact) mass is 574 g/mol. The fraction of sp³-hybridized carbons (Fsp3) is 0.407. The third kappa shape index (κ3) is 9.37. The Morgan fingerprint density at radius 3 is 2.49 bits per heavy atom. The number of methoxy groups -OCH3 is 1. The maximum Gasteiger partial charge on any atom is 0.514 e. The van der Waals surface area contributed by atoms with Crippen molar-refractivity contribution in [1.82, 2.24) is 21.3 Å². The van der Waals surface area contributed by atoms with E-state index in [-0.39, 0.29) is 38.1 Å². The smallest absolute Gasteiger partial charge is 0.504 e. The van der Waals surface area contributed by atoms with Gasteiger partial charge < -0.3 is 50.4 Å². The molecule has 2 aromatic carbocycles. The van der Waals surface area contributed by atoms with Crippen molar-refractivity contribution in [2.45, 2.75) is 51.2 Å². The first-order chi connectivity index (χ1) is 19.7. The van der Waals surface area contributed by atoms with Gasteiger partial charge in [0.2, 0.25) is 12.7 Å². The van der Waals surface area contributed by atoms with E-state index in [9.17, 15) is 24.3 Å². The lowest BCUT2D eigenvalue weighted by molar-refractivity contribution is -0.123. The standard InChI is InChI=1S/C27H34N4O10/c1-3-18(17-8-10-22-23(13-17)40-15-39-22)30-25(34)31-19(6-4-5-11-28-26(35)41-27(36)37)24(33)29-14-16-7-9-21(38-2)20(32)12-16/h7-10,12-13,18-19,32H,3-6,11,14-15H2,1-2H3,(H,28,35)(H,29,33)(H,36,37)(H2,30,31,34)/t18-,19-/m0/s1. The van der Waals surface area contributed by atoms with Gasteiger partial charge in [-0.15, -0.1) is 0 Å². The molecule has 3 rings (SSSR count). The number of phenols is 1. The molecule has 0 unspecified atom stereocenters. The summed E-state index contributed by atoms with van der Waals surface area (Å²) >= 11 is 0. The van der Waals surface area contributed by atoms with Crippen LogP contribution in [-0.2, 0) is 16.1 Å².